The lowest BCUT2D eigenvalue weighted by molar-refractivity contribution is -0.113. The first-order chi connectivity index (χ1) is 16.9. The molecular weight excluding hydrogens is 525 g/mol. The number of fused-ring (bicyclic) bond motifs is 1. The van der Waals surface area contributed by atoms with E-state index in [0.29, 0.717) is 49.8 Å². The lowest BCUT2D eigenvalue weighted by Gasteiger charge is -2.20. The summed E-state index contributed by atoms with van der Waals surface area (Å²) in [6, 6.07) is 7.32. The number of thioether (sulfide) groups is 1. The summed E-state index contributed by atoms with van der Waals surface area (Å²) in [5.74, 6) is 1.72. The number of anilines is 1. The van der Waals surface area contributed by atoms with Crippen molar-refractivity contribution in [2.75, 3.05) is 11.1 Å². The maximum absolute atomic E-state index is 12.7. The van der Waals surface area contributed by atoms with Gasteiger partial charge in [0, 0.05) is 22.5 Å². The predicted octanol–water partition coefficient (Wildman–Crippen LogP) is 6.36. The summed E-state index contributed by atoms with van der Waals surface area (Å²) in [5, 5.41) is 23.4. The summed E-state index contributed by atoms with van der Waals surface area (Å²) in [7, 11) is 0. The van der Waals surface area contributed by atoms with Gasteiger partial charge in [0.15, 0.2) is 11.0 Å². The standard InChI is InChI=1S/C24H25Cl2N5O2S2/c1-3-14-5-7-16-17(11-27)23(35-20(16)9-14)28-22(32)13-34-24-30-29-21(31(24)4-2)12-33-19-10-15(25)6-8-18(19)26/h6,8,10,14H,3-5,7,9,12-13H2,1-2H3,(H,28,32). The molecule has 2 heterocycles. The number of carbonyl (C=O) groups is 1. The molecule has 3 aromatic rings. The number of aromatic nitrogens is 3. The fourth-order valence-corrected chi connectivity index (χ4v) is 6.57. The van der Waals surface area contributed by atoms with E-state index >= 15 is 0 Å². The van der Waals surface area contributed by atoms with Gasteiger partial charge in [0.25, 0.3) is 0 Å². The Labute approximate surface area is 222 Å². The van der Waals surface area contributed by atoms with Crippen LogP contribution in [0.2, 0.25) is 10.0 Å². The van der Waals surface area contributed by atoms with Crippen LogP contribution in [0.1, 0.15) is 48.5 Å². The Balaban J connectivity index is 1.38. The number of hydrogen-bond donors (Lipinski definition) is 1. The van der Waals surface area contributed by atoms with E-state index < -0.39 is 0 Å². The number of nitriles is 1. The monoisotopic (exact) mass is 549 g/mol. The summed E-state index contributed by atoms with van der Waals surface area (Å²) in [6.07, 6.45) is 4.12. The van der Waals surface area contributed by atoms with Crippen LogP contribution in [0.15, 0.2) is 23.4 Å². The van der Waals surface area contributed by atoms with Crippen LogP contribution in [0.5, 0.6) is 5.75 Å². The highest BCUT2D eigenvalue weighted by Gasteiger charge is 2.26. The topological polar surface area (TPSA) is 92.8 Å². The molecule has 184 valence electrons. The van der Waals surface area contributed by atoms with Crippen molar-refractivity contribution in [3.05, 3.63) is 50.1 Å². The molecule has 1 aromatic carbocycles. The van der Waals surface area contributed by atoms with Crippen LogP contribution in [0.25, 0.3) is 0 Å². The van der Waals surface area contributed by atoms with Crippen LogP contribution < -0.4 is 10.1 Å². The summed E-state index contributed by atoms with van der Waals surface area (Å²) < 4.78 is 7.68. The van der Waals surface area contributed by atoms with E-state index in [4.69, 9.17) is 27.9 Å². The van der Waals surface area contributed by atoms with E-state index in [0.717, 1.165) is 31.2 Å². The molecule has 1 unspecified atom stereocenters. The van der Waals surface area contributed by atoms with Crippen molar-refractivity contribution in [2.45, 2.75) is 57.8 Å². The van der Waals surface area contributed by atoms with E-state index in [2.05, 4.69) is 28.5 Å². The Kier molecular flexibility index (Phi) is 8.60. The second-order valence-corrected chi connectivity index (χ2v) is 11.1. The van der Waals surface area contributed by atoms with E-state index in [1.165, 1.54) is 16.6 Å². The average molecular weight is 551 g/mol. The zero-order chi connectivity index (χ0) is 24.9. The highest BCUT2D eigenvalue weighted by atomic mass is 35.5. The number of nitrogens with zero attached hydrogens (tertiary/aromatic N) is 4. The molecule has 11 heteroatoms. The minimum atomic E-state index is -0.175. The highest BCUT2D eigenvalue weighted by molar-refractivity contribution is 7.99. The maximum atomic E-state index is 12.7. The number of rotatable bonds is 9. The van der Waals surface area contributed by atoms with Gasteiger partial charge in [0.1, 0.15) is 23.4 Å². The SMILES string of the molecule is CCC1CCc2c(sc(NC(=O)CSc3nnc(COc4cc(Cl)ccc4Cl)n3CC)c2C#N)C1. The first-order valence-corrected chi connectivity index (χ1v) is 14.0. The number of benzene rings is 1. The van der Waals surface area contributed by atoms with E-state index in [1.54, 1.807) is 29.5 Å². The second kappa shape index (κ2) is 11.7. The minimum absolute atomic E-state index is 0.157. The first-order valence-electron chi connectivity index (χ1n) is 11.4. The third-order valence-corrected chi connectivity index (χ3v) is 8.69. The summed E-state index contributed by atoms with van der Waals surface area (Å²) in [4.78, 5) is 14.0. The van der Waals surface area contributed by atoms with E-state index in [9.17, 15) is 10.1 Å². The van der Waals surface area contributed by atoms with Gasteiger partial charge in [-0.15, -0.1) is 21.5 Å². The third-order valence-electron chi connectivity index (χ3n) is 6.00. The molecule has 2 aromatic heterocycles. The van der Waals surface area contributed by atoms with E-state index in [1.807, 2.05) is 11.5 Å². The molecular formula is C24H25Cl2N5O2S2. The molecule has 35 heavy (non-hydrogen) atoms. The van der Waals surface area contributed by atoms with Crippen molar-refractivity contribution in [3.8, 4) is 11.8 Å². The predicted molar refractivity (Wildman–Crippen MR) is 141 cm³/mol. The van der Waals surface area contributed by atoms with Gasteiger partial charge in [0.05, 0.1) is 16.3 Å². The van der Waals surface area contributed by atoms with Crippen LogP contribution in [0.3, 0.4) is 0 Å². The molecule has 1 N–H and O–H groups in total. The van der Waals surface area contributed by atoms with Gasteiger partial charge in [-0.1, -0.05) is 48.3 Å². The quantitative estimate of drug-likeness (QED) is 0.312. The van der Waals surface area contributed by atoms with Gasteiger partial charge >= 0.3 is 0 Å². The summed E-state index contributed by atoms with van der Waals surface area (Å²) in [5.41, 5.74) is 1.73. The Bertz CT molecular complexity index is 1270. The minimum Gasteiger partial charge on any atom is -0.484 e. The molecule has 7 nitrogen and oxygen atoms in total. The highest BCUT2D eigenvalue weighted by Crippen LogP contribution is 2.40. The van der Waals surface area contributed by atoms with Crippen LogP contribution in [-0.2, 0) is 30.8 Å². The smallest absolute Gasteiger partial charge is 0.235 e. The molecule has 1 atom stereocenters. The molecule has 4 rings (SSSR count). The fourth-order valence-electron chi connectivity index (χ4n) is 4.08. The molecule has 0 aliphatic heterocycles. The van der Waals surface area contributed by atoms with Crippen molar-refractivity contribution in [1.82, 2.24) is 14.8 Å². The van der Waals surface area contributed by atoms with Crippen molar-refractivity contribution in [2.24, 2.45) is 5.92 Å². The fraction of sp³-hybridized carbons (Fsp3) is 0.417. The Morgan fingerprint density at radius 1 is 1.37 bits per heavy atom. The zero-order valence-corrected chi connectivity index (χ0v) is 22.6. The number of carbonyl (C=O) groups excluding carboxylic acids is 1. The molecule has 0 fully saturated rings. The van der Waals surface area contributed by atoms with Gasteiger partial charge in [-0.2, -0.15) is 5.26 Å². The number of thiophene rings is 1. The van der Waals surface area contributed by atoms with Gasteiger partial charge < -0.3 is 14.6 Å². The Morgan fingerprint density at radius 3 is 2.94 bits per heavy atom. The average Bonchev–Trinajstić information content (AvgIpc) is 3.42. The molecule has 0 spiro atoms. The molecule has 0 saturated carbocycles. The largest absolute Gasteiger partial charge is 0.484 e. The lowest BCUT2D eigenvalue weighted by Crippen LogP contribution is -2.15. The van der Waals surface area contributed by atoms with Crippen molar-refractivity contribution < 1.29 is 9.53 Å². The third kappa shape index (κ3) is 5.95. The number of hydrogen-bond acceptors (Lipinski definition) is 7. The van der Waals surface area contributed by atoms with Crippen LogP contribution in [0.4, 0.5) is 5.00 Å². The lowest BCUT2D eigenvalue weighted by atomic mass is 9.86. The normalized spacial score (nSPS) is 14.9. The van der Waals surface area contributed by atoms with Crippen molar-refractivity contribution >= 4 is 57.2 Å². The second-order valence-electron chi connectivity index (χ2n) is 8.18. The van der Waals surface area contributed by atoms with Crippen molar-refractivity contribution in [3.63, 3.8) is 0 Å². The molecule has 0 radical (unpaired) electrons. The summed E-state index contributed by atoms with van der Waals surface area (Å²) in [6.45, 7) is 4.96. The van der Waals surface area contributed by atoms with E-state index in [-0.39, 0.29) is 18.3 Å². The Hall–Kier alpha value is -2.25. The molecule has 1 aliphatic rings. The molecule has 0 bridgehead atoms. The van der Waals surface area contributed by atoms with Gasteiger partial charge in [-0.3, -0.25) is 4.79 Å². The van der Waals surface area contributed by atoms with Crippen LogP contribution in [0, 0.1) is 17.2 Å². The van der Waals surface area contributed by atoms with Gasteiger partial charge in [-0.25, -0.2) is 0 Å². The summed E-state index contributed by atoms with van der Waals surface area (Å²) >= 11 is 15.0. The number of nitrogens with one attached hydrogen (secondary N) is 1. The molecule has 1 amide bonds. The van der Waals surface area contributed by atoms with Gasteiger partial charge in [-0.05, 0) is 49.8 Å². The zero-order valence-electron chi connectivity index (χ0n) is 19.4. The number of amides is 1. The maximum Gasteiger partial charge on any atom is 0.235 e. The van der Waals surface area contributed by atoms with Crippen molar-refractivity contribution in [1.29, 1.82) is 5.26 Å². The van der Waals surface area contributed by atoms with Gasteiger partial charge in [0.2, 0.25) is 5.91 Å². The number of ether oxygens (including phenoxy) is 1. The van der Waals surface area contributed by atoms with Crippen LogP contribution in [-0.4, -0.2) is 26.4 Å². The Morgan fingerprint density at radius 2 is 2.20 bits per heavy atom. The number of halogens is 2. The molecule has 1 aliphatic carbocycles. The first kappa shape index (κ1) is 25.8. The molecule has 0 saturated heterocycles. The van der Waals surface area contributed by atoms with Crippen LogP contribution >= 0.6 is 46.3 Å².